The van der Waals surface area contributed by atoms with Crippen molar-refractivity contribution in [2.45, 2.75) is 32.6 Å². The zero-order chi connectivity index (χ0) is 13.8. The lowest BCUT2D eigenvalue weighted by Crippen LogP contribution is -1.93. The van der Waals surface area contributed by atoms with Crippen molar-refractivity contribution < 1.29 is 4.74 Å². The fraction of sp³-hybridized carbons (Fsp3) is 0.312. The second-order valence-corrected chi connectivity index (χ2v) is 5.16. The van der Waals surface area contributed by atoms with Gasteiger partial charge in [-0.3, -0.25) is 4.98 Å². The molecule has 0 bridgehead atoms. The Hall–Kier alpha value is -1.54. The topological polar surface area (TPSA) is 22.1 Å². The third-order valence-corrected chi connectivity index (χ3v) is 3.29. The first-order chi connectivity index (χ1) is 9.10. The van der Waals surface area contributed by atoms with E-state index in [9.17, 15) is 0 Å². The Morgan fingerprint density at radius 3 is 2.47 bits per heavy atom. The van der Waals surface area contributed by atoms with Crippen molar-refractivity contribution in [3.8, 4) is 11.5 Å². The monoisotopic (exact) mass is 275 g/mol. The third kappa shape index (κ3) is 3.48. The molecule has 0 fully saturated rings. The van der Waals surface area contributed by atoms with Gasteiger partial charge in [0.25, 0.3) is 0 Å². The molecule has 0 saturated carbocycles. The molecule has 1 aromatic carbocycles. The maximum atomic E-state index is 5.90. The predicted octanol–water partition coefficient (Wildman–Crippen LogP) is 5.04. The number of alkyl halides is 1. The predicted molar refractivity (Wildman–Crippen MR) is 79.1 cm³/mol. The van der Waals surface area contributed by atoms with Gasteiger partial charge in [0.05, 0.1) is 5.88 Å². The van der Waals surface area contributed by atoms with Crippen LogP contribution >= 0.6 is 11.6 Å². The largest absolute Gasteiger partial charge is 0.457 e. The molecule has 0 aliphatic heterocycles. The Morgan fingerprint density at radius 1 is 1.21 bits per heavy atom. The number of aromatic nitrogens is 1. The van der Waals surface area contributed by atoms with Crippen molar-refractivity contribution in [2.75, 3.05) is 0 Å². The van der Waals surface area contributed by atoms with Gasteiger partial charge in [0.1, 0.15) is 11.5 Å². The van der Waals surface area contributed by atoms with Crippen LogP contribution in [0.15, 0.2) is 36.5 Å². The lowest BCUT2D eigenvalue weighted by Gasteiger charge is -2.11. The Labute approximate surface area is 119 Å². The van der Waals surface area contributed by atoms with E-state index in [1.807, 2.05) is 25.1 Å². The van der Waals surface area contributed by atoms with Gasteiger partial charge in [-0.25, -0.2) is 0 Å². The van der Waals surface area contributed by atoms with E-state index in [4.69, 9.17) is 16.3 Å². The molecule has 19 heavy (non-hydrogen) atoms. The first-order valence-corrected chi connectivity index (χ1v) is 6.93. The molecule has 3 heteroatoms. The van der Waals surface area contributed by atoms with Crippen molar-refractivity contribution in [1.82, 2.24) is 4.98 Å². The number of hydrogen-bond acceptors (Lipinski definition) is 2. The van der Waals surface area contributed by atoms with E-state index in [1.54, 1.807) is 6.20 Å². The van der Waals surface area contributed by atoms with Crippen molar-refractivity contribution >= 4 is 11.6 Å². The number of rotatable bonds is 4. The summed E-state index contributed by atoms with van der Waals surface area (Å²) in [4.78, 5) is 4.23. The maximum absolute atomic E-state index is 5.90. The Balaban J connectivity index is 2.23. The molecule has 0 spiro atoms. The molecule has 0 radical (unpaired) electrons. The summed E-state index contributed by atoms with van der Waals surface area (Å²) >= 11 is 5.90. The van der Waals surface area contributed by atoms with E-state index in [-0.39, 0.29) is 0 Å². The number of hydrogen-bond donors (Lipinski definition) is 0. The summed E-state index contributed by atoms with van der Waals surface area (Å²) in [5.74, 6) is 2.52. The van der Waals surface area contributed by atoms with Crippen LogP contribution in [0, 0.1) is 6.92 Å². The average Bonchev–Trinajstić information content (AvgIpc) is 2.39. The van der Waals surface area contributed by atoms with Crippen LogP contribution in [0.5, 0.6) is 11.5 Å². The average molecular weight is 276 g/mol. The zero-order valence-corrected chi connectivity index (χ0v) is 12.2. The van der Waals surface area contributed by atoms with E-state index in [1.165, 1.54) is 5.56 Å². The fourth-order valence-electron chi connectivity index (χ4n) is 1.81. The van der Waals surface area contributed by atoms with E-state index in [0.29, 0.717) is 11.8 Å². The van der Waals surface area contributed by atoms with E-state index in [0.717, 1.165) is 22.8 Å². The molecule has 0 amide bonds. The van der Waals surface area contributed by atoms with E-state index >= 15 is 0 Å². The lowest BCUT2D eigenvalue weighted by molar-refractivity contribution is 0.476. The quantitative estimate of drug-likeness (QED) is 0.729. The van der Waals surface area contributed by atoms with Gasteiger partial charge in [-0.05, 0) is 30.5 Å². The Kier molecular flexibility index (Phi) is 4.43. The van der Waals surface area contributed by atoms with Gasteiger partial charge in [0.15, 0.2) is 0 Å². The molecule has 2 rings (SSSR count). The molecule has 0 atom stereocenters. The van der Waals surface area contributed by atoms with Crippen molar-refractivity contribution in [2.24, 2.45) is 0 Å². The first kappa shape index (κ1) is 13.9. The minimum Gasteiger partial charge on any atom is -0.457 e. The van der Waals surface area contributed by atoms with Gasteiger partial charge >= 0.3 is 0 Å². The van der Waals surface area contributed by atoms with Gasteiger partial charge in [0.2, 0.25) is 0 Å². The molecule has 1 heterocycles. The lowest BCUT2D eigenvalue weighted by atomic mass is 10.0. The molecule has 0 saturated heterocycles. The van der Waals surface area contributed by atoms with Crippen molar-refractivity contribution in [3.05, 3.63) is 53.3 Å². The molecule has 2 nitrogen and oxygen atoms in total. The number of pyridine rings is 1. The van der Waals surface area contributed by atoms with Gasteiger partial charge in [-0.1, -0.05) is 26.0 Å². The molecule has 1 aromatic heterocycles. The van der Waals surface area contributed by atoms with Gasteiger partial charge in [-0.2, -0.15) is 0 Å². The number of aryl methyl sites for hydroxylation is 1. The van der Waals surface area contributed by atoms with Crippen LogP contribution in [0.25, 0.3) is 0 Å². The molecule has 0 unspecified atom stereocenters. The molecule has 0 aliphatic carbocycles. The molecular formula is C16H18ClNO. The van der Waals surface area contributed by atoms with Crippen LogP contribution in [-0.2, 0) is 5.88 Å². The summed E-state index contributed by atoms with van der Waals surface area (Å²) in [6.45, 7) is 6.29. The summed E-state index contributed by atoms with van der Waals surface area (Å²) in [5.41, 5.74) is 3.12. The highest BCUT2D eigenvalue weighted by Gasteiger charge is 2.06. The second-order valence-electron chi connectivity index (χ2n) is 4.89. The Morgan fingerprint density at radius 2 is 1.89 bits per heavy atom. The highest BCUT2D eigenvalue weighted by molar-refractivity contribution is 6.17. The molecule has 100 valence electrons. The summed E-state index contributed by atoms with van der Waals surface area (Å²) in [5, 5.41) is 0. The zero-order valence-electron chi connectivity index (χ0n) is 11.5. The molecule has 2 aromatic rings. The standard InChI is InChI=1S/C16H18ClNO/c1-11(2)13-4-6-15(7-5-13)19-16-8-12(3)18-10-14(16)9-17/h4-8,10-11H,9H2,1-3H3. The highest BCUT2D eigenvalue weighted by atomic mass is 35.5. The van der Waals surface area contributed by atoms with E-state index < -0.39 is 0 Å². The third-order valence-electron chi connectivity index (χ3n) is 3.00. The second kappa shape index (κ2) is 6.07. The van der Waals surface area contributed by atoms with Gasteiger partial charge < -0.3 is 4.74 Å². The number of halogens is 1. The van der Waals surface area contributed by atoms with Crippen LogP contribution in [0.4, 0.5) is 0 Å². The van der Waals surface area contributed by atoms with Crippen molar-refractivity contribution in [1.29, 1.82) is 0 Å². The van der Waals surface area contributed by atoms with Crippen LogP contribution in [0.1, 0.15) is 36.6 Å². The van der Waals surface area contributed by atoms with Crippen LogP contribution < -0.4 is 4.74 Å². The molecule has 0 N–H and O–H groups in total. The SMILES string of the molecule is Cc1cc(Oc2ccc(C(C)C)cc2)c(CCl)cn1. The minimum atomic E-state index is 0.396. The van der Waals surface area contributed by atoms with Crippen LogP contribution in [0.3, 0.4) is 0 Å². The minimum absolute atomic E-state index is 0.396. The smallest absolute Gasteiger partial charge is 0.135 e. The normalized spacial score (nSPS) is 10.8. The van der Waals surface area contributed by atoms with E-state index in [2.05, 4.69) is 31.0 Å². The highest BCUT2D eigenvalue weighted by Crippen LogP contribution is 2.27. The molecular weight excluding hydrogens is 258 g/mol. The summed E-state index contributed by atoms with van der Waals surface area (Å²) < 4.78 is 5.89. The summed E-state index contributed by atoms with van der Waals surface area (Å²) in [7, 11) is 0. The first-order valence-electron chi connectivity index (χ1n) is 6.39. The summed E-state index contributed by atoms with van der Waals surface area (Å²) in [6, 6.07) is 10.1. The van der Waals surface area contributed by atoms with Gasteiger partial charge in [0, 0.05) is 23.5 Å². The fourth-order valence-corrected chi connectivity index (χ4v) is 2.01. The van der Waals surface area contributed by atoms with Crippen molar-refractivity contribution in [3.63, 3.8) is 0 Å². The maximum Gasteiger partial charge on any atom is 0.135 e. The molecule has 0 aliphatic rings. The van der Waals surface area contributed by atoms with Crippen LogP contribution in [0.2, 0.25) is 0 Å². The Bertz CT molecular complexity index is 549. The van der Waals surface area contributed by atoms with Crippen LogP contribution in [-0.4, -0.2) is 4.98 Å². The summed E-state index contributed by atoms with van der Waals surface area (Å²) in [6.07, 6.45) is 1.76. The number of ether oxygens (including phenoxy) is 1. The van der Waals surface area contributed by atoms with Gasteiger partial charge in [-0.15, -0.1) is 11.6 Å². The number of benzene rings is 1. The number of nitrogens with zero attached hydrogens (tertiary/aromatic N) is 1.